The quantitative estimate of drug-likeness (QED) is 0.716. The molecule has 3 heterocycles. The molecule has 1 aromatic carbocycles. The Morgan fingerprint density at radius 1 is 1.33 bits per heavy atom. The molecule has 7 nitrogen and oxygen atoms in total. The molecule has 158 valence electrons. The van der Waals surface area contributed by atoms with E-state index in [1.807, 2.05) is 48.2 Å². The largest absolute Gasteiger partial charge is 0.383 e. The summed E-state index contributed by atoms with van der Waals surface area (Å²) >= 11 is 0. The van der Waals surface area contributed by atoms with E-state index in [1.165, 1.54) is 0 Å². The van der Waals surface area contributed by atoms with Gasteiger partial charge in [0.25, 0.3) is 0 Å². The van der Waals surface area contributed by atoms with Gasteiger partial charge < -0.3 is 14.7 Å². The van der Waals surface area contributed by atoms with Gasteiger partial charge in [-0.15, -0.1) is 0 Å². The summed E-state index contributed by atoms with van der Waals surface area (Å²) in [7, 11) is 0. The average molecular weight is 409 g/mol. The van der Waals surface area contributed by atoms with Crippen LogP contribution in [0.1, 0.15) is 55.7 Å². The highest BCUT2D eigenvalue weighted by atomic mass is 16.7. The Bertz CT molecular complexity index is 937. The lowest BCUT2D eigenvalue weighted by Crippen LogP contribution is -2.34. The van der Waals surface area contributed by atoms with Gasteiger partial charge >= 0.3 is 6.03 Å². The molecule has 3 fully saturated rings. The second-order valence-corrected chi connectivity index (χ2v) is 8.85. The number of rotatable bonds is 8. The third kappa shape index (κ3) is 3.69. The summed E-state index contributed by atoms with van der Waals surface area (Å²) in [5, 5.41) is 9.35. The monoisotopic (exact) mass is 408 g/mol. The average Bonchev–Trinajstić information content (AvgIpc) is 3.23. The lowest BCUT2D eigenvalue weighted by atomic mass is 9.98. The number of carbonyl (C=O) groups excluding carboxylic acids is 1. The fourth-order valence-corrected chi connectivity index (χ4v) is 4.68. The van der Waals surface area contributed by atoms with Gasteiger partial charge in [0.2, 0.25) is 0 Å². The predicted octanol–water partition coefficient (Wildman–Crippen LogP) is 3.95. The number of urea groups is 1. The number of benzene rings is 1. The summed E-state index contributed by atoms with van der Waals surface area (Å²) in [4.78, 5) is 20.8. The topological polar surface area (TPSA) is 70.8 Å². The Morgan fingerprint density at radius 2 is 2.13 bits per heavy atom. The molecule has 2 bridgehead atoms. The first kappa shape index (κ1) is 19.2. The molecule has 1 saturated carbocycles. The molecule has 0 spiro atoms. The van der Waals surface area contributed by atoms with E-state index in [0.29, 0.717) is 13.2 Å². The number of carbonyl (C=O) groups is 1. The Hall–Kier alpha value is -2.80. The summed E-state index contributed by atoms with van der Waals surface area (Å²) < 4.78 is 5.65. The number of hydroxylamine groups is 2. The van der Waals surface area contributed by atoms with Crippen LogP contribution in [0.4, 0.5) is 4.79 Å². The molecule has 3 aliphatic rings. The molecule has 2 saturated heterocycles. The van der Waals surface area contributed by atoms with E-state index in [0.717, 1.165) is 54.8 Å². The third-order valence-electron chi connectivity index (χ3n) is 6.30. The molecule has 0 radical (unpaired) electrons. The number of nitrogens with zero attached hydrogens (tertiary/aromatic N) is 3. The van der Waals surface area contributed by atoms with Crippen molar-refractivity contribution in [2.45, 2.75) is 63.3 Å². The van der Waals surface area contributed by atoms with Gasteiger partial charge in [0.1, 0.15) is 18.1 Å². The Balaban J connectivity index is 1.24. The van der Waals surface area contributed by atoms with Crippen LogP contribution < -0.4 is 5.32 Å². The van der Waals surface area contributed by atoms with E-state index in [1.54, 1.807) is 5.06 Å². The van der Waals surface area contributed by atoms with Crippen LogP contribution in [-0.4, -0.2) is 39.3 Å². The lowest BCUT2D eigenvalue weighted by molar-refractivity contribution is -0.140. The number of hydrogen-bond acceptors (Lipinski definition) is 5. The first-order valence-corrected chi connectivity index (χ1v) is 10.7. The van der Waals surface area contributed by atoms with E-state index >= 15 is 0 Å². The van der Waals surface area contributed by atoms with Crippen molar-refractivity contribution in [1.29, 1.82) is 0 Å². The van der Waals surface area contributed by atoms with Gasteiger partial charge in [0.05, 0.1) is 12.1 Å². The fourth-order valence-electron chi connectivity index (χ4n) is 4.68. The Kier molecular flexibility index (Phi) is 4.77. The second-order valence-electron chi connectivity index (χ2n) is 8.85. The molecular weight excluding hydrogens is 380 g/mol. The van der Waals surface area contributed by atoms with Gasteiger partial charge in [0, 0.05) is 30.3 Å². The summed E-state index contributed by atoms with van der Waals surface area (Å²) in [6.07, 6.45) is 4.77. The summed E-state index contributed by atoms with van der Waals surface area (Å²) in [6, 6.07) is 11.9. The molecule has 2 aliphatic heterocycles. The second kappa shape index (κ2) is 7.47. The van der Waals surface area contributed by atoms with Gasteiger partial charge in [-0.1, -0.05) is 42.1 Å². The molecule has 7 heteroatoms. The van der Waals surface area contributed by atoms with Crippen LogP contribution >= 0.6 is 0 Å². The first-order chi connectivity index (χ1) is 14.5. The van der Waals surface area contributed by atoms with Gasteiger partial charge in [-0.25, -0.2) is 4.79 Å². The molecule has 2 amide bonds. The number of allylic oxidation sites excluding steroid dienone is 1. The van der Waals surface area contributed by atoms with Crippen LogP contribution in [0.3, 0.4) is 0 Å². The van der Waals surface area contributed by atoms with Crippen LogP contribution in [0.15, 0.2) is 53.2 Å². The highest BCUT2D eigenvalue weighted by molar-refractivity contribution is 5.77. The van der Waals surface area contributed by atoms with Gasteiger partial charge in [-0.2, -0.15) is 5.06 Å². The smallest absolute Gasteiger partial charge is 0.344 e. The minimum Gasteiger partial charge on any atom is -0.383 e. The lowest BCUT2D eigenvalue weighted by Gasteiger charge is -2.28. The van der Waals surface area contributed by atoms with Crippen LogP contribution in [0.25, 0.3) is 0 Å². The van der Waals surface area contributed by atoms with Gasteiger partial charge in [0.15, 0.2) is 0 Å². The van der Waals surface area contributed by atoms with Crippen molar-refractivity contribution in [3.8, 4) is 0 Å². The van der Waals surface area contributed by atoms with Crippen molar-refractivity contribution in [1.82, 2.24) is 20.4 Å². The molecule has 2 atom stereocenters. The van der Waals surface area contributed by atoms with Crippen molar-refractivity contribution >= 4 is 6.03 Å². The maximum Gasteiger partial charge on any atom is 0.344 e. The maximum absolute atomic E-state index is 13.0. The summed E-state index contributed by atoms with van der Waals surface area (Å²) in [6.45, 7) is 7.00. The summed E-state index contributed by atoms with van der Waals surface area (Å²) in [5.41, 5.74) is 2.93. The zero-order valence-corrected chi connectivity index (χ0v) is 17.3. The Labute approximate surface area is 176 Å². The number of piperidine rings is 1. The Morgan fingerprint density at radius 3 is 2.87 bits per heavy atom. The van der Waals surface area contributed by atoms with Crippen molar-refractivity contribution in [3.05, 3.63) is 65.7 Å². The SMILES string of the molecule is C=C(C)NC1(Cc2cc([C@@H]3CC[C@@H]4CN3C(=O)N4OCc3ccccc3)no2)CC1. The molecular formula is C23H28N4O3. The number of amides is 2. The molecule has 1 aromatic heterocycles. The number of hydrogen-bond donors (Lipinski definition) is 1. The van der Waals surface area contributed by atoms with Crippen molar-refractivity contribution in [2.24, 2.45) is 0 Å². The first-order valence-electron chi connectivity index (χ1n) is 10.7. The zero-order valence-electron chi connectivity index (χ0n) is 17.3. The normalized spacial score (nSPS) is 24.2. The van der Waals surface area contributed by atoms with E-state index in [4.69, 9.17) is 9.36 Å². The van der Waals surface area contributed by atoms with Crippen molar-refractivity contribution in [3.63, 3.8) is 0 Å². The molecule has 30 heavy (non-hydrogen) atoms. The van der Waals surface area contributed by atoms with E-state index in [2.05, 4.69) is 17.1 Å². The maximum atomic E-state index is 13.0. The predicted molar refractivity (Wildman–Crippen MR) is 111 cm³/mol. The van der Waals surface area contributed by atoms with Crippen molar-refractivity contribution in [2.75, 3.05) is 6.54 Å². The van der Waals surface area contributed by atoms with Gasteiger partial charge in [-0.05, 0) is 38.2 Å². The highest BCUT2D eigenvalue weighted by Gasteiger charge is 2.47. The molecule has 0 unspecified atom stereocenters. The number of fused-ring (bicyclic) bond motifs is 2. The third-order valence-corrected chi connectivity index (χ3v) is 6.30. The standard InChI is InChI=1S/C23H28N4O3/c1-16(2)24-23(10-11-23)13-19-12-20(25-30-19)21-9-8-18-14-26(21)22(28)27(18)29-15-17-6-4-3-5-7-17/h3-7,12,18,21,24H,1,8-11,13-15H2,2H3/t18-,21+/m1/s1. The minimum atomic E-state index is -0.0782. The van der Waals surface area contributed by atoms with E-state index in [9.17, 15) is 4.79 Å². The number of aromatic nitrogens is 1. The molecule has 2 aromatic rings. The van der Waals surface area contributed by atoms with Crippen molar-refractivity contribution < 1.29 is 14.2 Å². The van der Waals surface area contributed by atoms with Crippen LogP contribution in [0, 0.1) is 0 Å². The molecule has 5 rings (SSSR count). The van der Waals surface area contributed by atoms with Crippen LogP contribution in [0.5, 0.6) is 0 Å². The van der Waals surface area contributed by atoms with E-state index < -0.39 is 0 Å². The zero-order chi connectivity index (χ0) is 20.7. The number of nitrogens with one attached hydrogen (secondary N) is 1. The van der Waals surface area contributed by atoms with Gasteiger partial charge in [-0.3, -0.25) is 4.84 Å². The fraction of sp³-hybridized carbons (Fsp3) is 0.478. The molecule has 1 N–H and O–H groups in total. The summed E-state index contributed by atoms with van der Waals surface area (Å²) in [5.74, 6) is 0.863. The highest BCUT2D eigenvalue weighted by Crippen LogP contribution is 2.41. The van der Waals surface area contributed by atoms with Crippen LogP contribution in [0.2, 0.25) is 0 Å². The van der Waals surface area contributed by atoms with Crippen LogP contribution in [-0.2, 0) is 17.9 Å². The van der Waals surface area contributed by atoms with E-state index in [-0.39, 0.29) is 23.7 Å². The molecule has 1 aliphatic carbocycles. The minimum absolute atomic E-state index is 0.0548.